The third kappa shape index (κ3) is 3.67. The Kier molecular flexibility index (Phi) is 4.62. The van der Waals surface area contributed by atoms with Crippen LogP contribution in [-0.2, 0) is 0 Å². The van der Waals surface area contributed by atoms with E-state index in [0.29, 0.717) is 11.3 Å². The molecule has 1 aromatic carbocycles. The van der Waals surface area contributed by atoms with Crippen LogP contribution in [0.2, 0.25) is 0 Å². The van der Waals surface area contributed by atoms with E-state index in [1.54, 1.807) is 24.3 Å². The van der Waals surface area contributed by atoms with Crippen molar-refractivity contribution in [1.29, 1.82) is 5.26 Å². The number of nitrogens with one attached hydrogen (secondary N) is 1. The number of anilines is 1. The summed E-state index contributed by atoms with van der Waals surface area (Å²) < 4.78 is 1.23. The highest BCUT2D eigenvalue weighted by Gasteiger charge is 2.21. The minimum absolute atomic E-state index is 0.273. The number of rotatable bonds is 3. The normalized spacial score (nSPS) is 10.6. The minimum Gasteiger partial charge on any atom is -0.332 e. The van der Waals surface area contributed by atoms with E-state index in [4.69, 9.17) is 5.26 Å². The van der Waals surface area contributed by atoms with E-state index in [0.717, 1.165) is 6.42 Å². The Bertz CT molecular complexity index is 462. The highest BCUT2D eigenvalue weighted by molar-refractivity contribution is 7.82. The minimum atomic E-state index is -0.283. The quantitative estimate of drug-likeness (QED) is 0.823. The molecule has 0 fully saturated rings. The standard InChI is InChI=1S/C13H17N3OS/c1-4-13(2,3)15-12(17)16(18)11-7-5-10(9-14)6-8-11/h5-8,18H,4H2,1-3H3,(H,15,17). The Morgan fingerprint density at radius 3 is 2.44 bits per heavy atom. The molecule has 0 unspecified atom stereocenters. The maximum Gasteiger partial charge on any atom is 0.332 e. The first kappa shape index (κ1) is 14.4. The van der Waals surface area contributed by atoms with Gasteiger partial charge in [0.05, 0.1) is 17.3 Å². The van der Waals surface area contributed by atoms with Crippen LogP contribution in [0.25, 0.3) is 0 Å². The molecule has 0 saturated heterocycles. The molecule has 0 aromatic heterocycles. The van der Waals surface area contributed by atoms with Crippen molar-refractivity contribution in [2.45, 2.75) is 32.7 Å². The zero-order chi connectivity index (χ0) is 13.8. The third-order valence-electron chi connectivity index (χ3n) is 2.76. The molecular formula is C13H17N3OS. The van der Waals surface area contributed by atoms with Crippen molar-refractivity contribution in [2.24, 2.45) is 0 Å². The molecule has 0 saturated carbocycles. The van der Waals surface area contributed by atoms with Crippen LogP contribution in [0.3, 0.4) is 0 Å². The number of nitriles is 1. The molecule has 0 spiro atoms. The predicted octanol–water partition coefficient (Wildman–Crippen LogP) is 3.11. The summed E-state index contributed by atoms with van der Waals surface area (Å²) in [7, 11) is 0. The van der Waals surface area contributed by atoms with Crippen molar-refractivity contribution in [3.63, 3.8) is 0 Å². The molecule has 2 amide bonds. The van der Waals surface area contributed by atoms with Crippen molar-refractivity contribution in [2.75, 3.05) is 4.31 Å². The number of urea groups is 1. The predicted molar refractivity (Wildman–Crippen MR) is 75.5 cm³/mol. The fraction of sp³-hybridized carbons (Fsp3) is 0.385. The number of hydrogen-bond acceptors (Lipinski definition) is 3. The Labute approximate surface area is 113 Å². The SMILES string of the molecule is CCC(C)(C)NC(=O)N(S)c1ccc(C#N)cc1. The van der Waals surface area contributed by atoms with Gasteiger partial charge in [-0.05, 0) is 44.5 Å². The number of hydrogen-bond donors (Lipinski definition) is 2. The van der Waals surface area contributed by atoms with E-state index < -0.39 is 0 Å². The van der Waals surface area contributed by atoms with Crippen molar-refractivity contribution in [1.82, 2.24) is 5.32 Å². The van der Waals surface area contributed by atoms with Gasteiger partial charge in [0, 0.05) is 5.54 Å². The van der Waals surface area contributed by atoms with Gasteiger partial charge in [-0.15, -0.1) is 0 Å². The fourth-order valence-electron chi connectivity index (χ4n) is 1.23. The first-order valence-electron chi connectivity index (χ1n) is 5.71. The fourth-order valence-corrected chi connectivity index (χ4v) is 1.41. The van der Waals surface area contributed by atoms with Crippen molar-refractivity contribution in [3.05, 3.63) is 29.8 Å². The maximum absolute atomic E-state index is 11.9. The topological polar surface area (TPSA) is 56.1 Å². The number of carbonyl (C=O) groups excluding carboxylic acids is 1. The highest BCUT2D eigenvalue weighted by atomic mass is 32.1. The van der Waals surface area contributed by atoms with Crippen molar-refractivity contribution in [3.8, 4) is 6.07 Å². The molecule has 18 heavy (non-hydrogen) atoms. The van der Waals surface area contributed by atoms with E-state index in [1.165, 1.54) is 4.31 Å². The Hall–Kier alpha value is -1.67. The molecule has 1 N–H and O–H groups in total. The third-order valence-corrected chi connectivity index (χ3v) is 3.18. The number of thiol groups is 1. The second-order valence-electron chi connectivity index (χ2n) is 4.64. The average molecular weight is 263 g/mol. The van der Waals surface area contributed by atoms with E-state index in [1.807, 2.05) is 26.8 Å². The van der Waals surface area contributed by atoms with Gasteiger partial charge in [0.2, 0.25) is 0 Å². The van der Waals surface area contributed by atoms with Crippen LogP contribution >= 0.6 is 12.8 Å². The van der Waals surface area contributed by atoms with Crippen LogP contribution in [0, 0.1) is 11.3 Å². The molecule has 0 bridgehead atoms. The number of nitrogens with zero attached hydrogens (tertiary/aromatic N) is 2. The molecule has 1 aromatic rings. The molecule has 1 rings (SSSR count). The maximum atomic E-state index is 11.9. The summed E-state index contributed by atoms with van der Waals surface area (Å²) in [5.41, 5.74) is 0.904. The summed E-state index contributed by atoms with van der Waals surface area (Å²) in [6.45, 7) is 5.90. The molecule has 5 heteroatoms. The van der Waals surface area contributed by atoms with Crippen LogP contribution in [0.4, 0.5) is 10.5 Å². The summed E-state index contributed by atoms with van der Waals surface area (Å²) in [5.74, 6) is 0. The van der Waals surface area contributed by atoms with Crippen molar-refractivity contribution < 1.29 is 4.79 Å². The van der Waals surface area contributed by atoms with Gasteiger partial charge in [0.25, 0.3) is 0 Å². The van der Waals surface area contributed by atoms with Crippen LogP contribution < -0.4 is 9.62 Å². The average Bonchev–Trinajstić information content (AvgIpc) is 2.37. The van der Waals surface area contributed by atoms with E-state index in [2.05, 4.69) is 18.1 Å². The highest BCUT2D eigenvalue weighted by Crippen LogP contribution is 2.18. The summed E-state index contributed by atoms with van der Waals surface area (Å²) in [4.78, 5) is 11.9. The molecule has 96 valence electrons. The molecule has 0 aliphatic heterocycles. The number of amides is 2. The lowest BCUT2D eigenvalue weighted by atomic mass is 10.0. The van der Waals surface area contributed by atoms with Gasteiger partial charge in [-0.25, -0.2) is 9.10 Å². The molecule has 0 atom stereocenters. The molecule has 0 aliphatic carbocycles. The zero-order valence-corrected chi connectivity index (χ0v) is 11.7. The van der Waals surface area contributed by atoms with Gasteiger partial charge in [0.1, 0.15) is 0 Å². The molecule has 0 radical (unpaired) electrons. The molecule has 4 nitrogen and oxygen atoms in total. The van der Waals surface area contributed by atoms with Gasteiger partial charge in [-0.3, -0.25) is 0 Å². The van der Waals surface area contributed by atoms with Crippen LogP contribution in [0.5, 0.6) is 0 Å². The monoisotopic (exact) mass is 263 g/mol. The second kappa shape index (κ2) is 5.78. The summed E-state index contributed by atoms with van der Waals surface area (Å²) in [6, 6.07) is 8.41. The molecule has 0 heterocycles. The summed E-state index contributed by atoms with van der Waals surface area (Å²) in [6.07, 6.45) is 0.827. The van der Waals surface area contributed by atoms with Gasteiger partial charge >= 0.3 is 6.03 Å². The number of carbonyl (C=O) groups is 1. The zero-order valence-electron chi connectivity index (χ0n) is 10.8. The number of benzene rings is 1. The largest absolute Gasteiger partial charge is 0.332 e. The van der Waals surface area contributed by atoms with Gasteiger partial charge in [-0.1, -0.05) is 19.7 Å². The Morgan fingerprint density at radius 2 is 2.00 bits per heavy atom. The lowest BCUT2D eigenvalue weighted by molar-refractivity contribution is 0.238. The summed E-state index contributed by atoms with van der Waals surface area (Å²) in [5, 5.41) is 11.6. The summed E-state index contributed by atoms with van der Waals surface area (Å²) >= 11 is 4.17. The van der Waals surface area contributed by atoms with E-state index >= 15 is 0 Å². The lowest BCUT2D eigenvalue weighted by Crippen LogP contribution is -2.47. The van der Waals surface area contributed by atoms with Crippen LogP contribution in [0.1, 0.15) is 32.8 Å². The second-order valence-corrected chi connectivity index (χ2v) is 5.04. The molecule has 0 aliphatic rings. The van der Waals surface area contributed by atoms with Crippen LogP contribution in [0.15, 0.2) is 24.3 Å². The lowest BCUT2D eigenvalue weighted by Gasteiger charge is -2.27. The van der Waals surface area contributed by atoms with Gasteiger partial charge in [0.15, 0.2) is 0 Å². The first-order valence-corrected chi connectivity index (χ1v) is 6.11. The van der Waals surface area contributed by atoms with Gasteiger partial charge in [-0.2, -0.15) is 5.26 Å². The van der Waals surface area contributed by atoms with E-state index in [9.17, 15) is 4.79 Å². The van der Waals surface area contributed by atoms with Crippen molar-refractivity contribution >= 4 is 24.5 Å². The molecular weight excluding hydrogens is 246 g/mol. The smallest absolute Gasteiger partial charge is 0.332 e. The Morgan fingerprint density at radius 1 is 1.44 bits per heavy atom. The first-order chi connectivity index (χ1) is 8.39. The van der Waals surface area contributed by atoms with Gasteiger partial charge < -0.3 is 5.32 Å². The van der Waals surface area contributed by atoms with Crippen LogP contribution in [-0.4, -0.2) is 11.6 Å². The van der Waals surface area contributed by atoms with E-state index in [-0.39, 0.29) is 11.6 Å². The Balaban J connectivity index is 2.77.